The molecule has 0 bridgehead atoms. The van der Waals surface area contributed by atoms with E-state index in [-0.39, 0.29) is 0 Å². The molecule has 4 heteroatoms. The summed E-state index contributed by atoms with van der Waals surface area (Å²) in [6, 6.07) is 6.41. The lowest BCUT2D eigenvalue weighted by molar-refractivity contribution is 0.0368. The molecule has 0 radical (unpaired) electrons. The van der Waals surface area contributed by atoms with Crippen molar-refractivity contribution < 1.29 is 5.11 Å². The third-order valence-corrected chi connectivity index (χ3v) is 5.45. The van der Waals surface area contributed by atoms with Gasteiger partial charge in [-0.15, -0.1) is 0 Å². The Labute approximate surface area is 134 Å². The van der Waals surface area contributed by atoms with Crippen LogP contribution >= 0.6 is 15.9 Å². The average Bonchev–Trinajstić information content (AvgIpc) is 2.91. The number of aliphatic hydroxyl groups is 1. The van der Waals surface area contributed by atoms with Crippen LogP contribution in [0.15, 0.2) is 22.7 Å². The lowest BCUT2D eigenvalue weighted by Crippen LogP contribution is -2.27. The molecule has 1 atom stereocenters. The molecule has 21 heavy (non-hydrogen) atoms. The van der Waals surface area contributed by atoms with Crippen LogP contribution < -0.4 is 0 Å². The molecule has 3 nitrogen and oxygen atoms in total. The molecule has 0 saturated carbocycles. The zero-order chi connectivity index (χ0) is 15.2. The molecule has 3 rings (SSSR count). The van der Waals surface area contributed by atoms with Crippen LogP contribution in [0.25, 0.3) is 0 Å². The Hall–Kier alpha value is -1.13. The fraction of sp³-hybridized carbons (Fsp3) is 0.471. The lowest BCUT2D eigenvalue weighted by atomic mass is 9.90. The van der Waals surface area contributed by atoms with E-state index in [1.807, 2.05) is 11.7 Å². The Morgan fingerprint density at radius 2 is 2.19 bits per heavy atom. The van der Waals surface area contributed by atoms with Gasteiger partial charge in [0.2, 0.25) is 0 Å². The number of aromatic nitrogens is 2. The van der Waals surface area contributed by atoms with Crippen LogP contribution in [-0.2, 0) is 31.9 Å². The quantitative estimate of drug-likeness (QED) is 0.922. The van der Waals surface area contributed by atoms with Crippen molar-refractivity contribution in [3.8, 4) is 0 Å². The molecule has 0 amide bonds. The number of halogens is 1. The van der Waals surface area contributed by atoms with Gasteiger partial charge in [-0.2, -0.15) is 5.10 Å². The van der Waals surface area contributed by atoms with E-state index in [2.05, 4.69) is 53.1 Å². The maximum absolute atomic E-state index is 11.2. The topological polar surface area (TPSA) is 38.0 Å². The molecule has 112 valence electrons. The molecule has 1 aliphatic carbocycles. The third-order valence-electron chi connectivity index (χ3n) is 4.54. The van der Waals surface area contributed by atoms with Gasteiger partial charge in [-0.05, 0) is 53.2 Å². The predicted molar refractivity (Wildman–Crippen MR) is 87.4 cm³/mol. The van der Waals surface area contributed by atoms with Gasteiger partial charge in [0.05, 0.1) is 21.5 Å². The number of nitrogens with zero attached hydrogens (tertiary/aromatic N) is 2. The Kier molecular flexibility index (Phi) is 3.70. The highest BCUT2D eigenvalue weighted by atomic mass is 79.9. The fourth-order valence-corrected chi connectivity index (χ4v) is 4.05. The second-order valence-corrected chi connectivity index (χ2v) is 6.85. The SMILES string of the molecule is CCc1nn(C)c(CC2(O)CCc3ccc(C)cc32)c1Br. The first-order valence-electron chi connectivity index (χ1n) is 7.47. The van der Waals surface area contributed by atoms with Gasteiger partial charge in [0.15, 0.2) is 0 Å². The minimum Gasteiger partial charge on any atom is -0.385 e. The molecule has 2 aromatic rings. The van der Waals surface area contributed by atoms with E-state index in [0.717, 1.165) is 40.7 Å². The predicted octanol–water partition coefficient (Wildman–Crippen LogP) is 3.43. The molecule has 0 fully saturated rings. The fourth-order valence-electron chi connectivity index (χ4n) is 3.29. The van der Waals surface area contributed by atoms with Crippen LogP contribution in [0.4, 0.5) is 0 Å². The summed E-state index contributed by atoms with van der Waals surface area (Å²) < 4.78 is 2.94. The van der Waals surface area contributed by atoms with E-state index in [4.69, 9.17) is 0 Å². The summed E-state index contributed by atoms with van der Waals surface area (Å²) in [7, 11) is 1.95. The van der Waals surface area contributed by atoms with Gasteiger partial charge in [0.25, 0.3) is 0 Å². The second kappa shape index (κ2) is 5.25. The minimum absolute atomic E-state index is 0.605. The van der Waals surface area contributed by atoms with Crippen LogP contribution in [0.3, 0.4) is 0 Å². The largest absolute Gasteiger partial charge is 0.385 e. The van der Waals surface area contributed by atoms with E-state index in [1.165, 1.54) is 11.1 Å². The number of aryl methyl sites for hydroxylation is 4. The summed E-state index contributed by atoms with van der Waals surface area (Å²) in [6.07, 6.45) is 3.23. The molecular weight excluding hydrogens is 328 g/mol. The van der Waals surface area contributed by atoms with E-state index in [0.29, 0.717) is 6.42 Å². The monoisotopic (exact) mass is 348 g/mol. The summed E-state index contributed by atoms with van der Waals surface area (Å²) >= 11 is 3.65. The number of hydrogen-bond donors (Lipinski definition) is 1. The summed E-state index contributed by atoms with van der Waals surface area (Å²) in [5.74, 6) is 0. The highest BCUT2D eigenvalue weighted by Crippen LogP contribution is 2.41. The highest BCUT2D eigenvalue weighted by molar-refractivity contribution is 9.10. The highest BCUT2D eigenvalue weighted by Gasteiger charge is 2.38. The molecule has 1 aromatic heterocycles. The van der Waals surface area contributed by atoms with Crippen LogP contribution in [0.5, 0.6) is 0 Å². The Morgan fingerprint density at radius 1 is 1.43 bits per heavy atom. The Balaban J connectivity index is 2.00. The molecule has 1 aliphatic rings. The van der Waals surface area contributed by atoms with E-state index in [9.17, 15) is 5.11 Å². The van der Waals surface area contributed by atoms with Gasteiger partial charge in [-0.3, -0.25) is 4.68 Å². The molecule has 1 unspecified atom stereocenters. The molecule has 0 aliphatic heterocycles. The van der Waals surface area contributed by atoms with E-state index >= 15 is 0 Å². The molecule has 0 spiro atoms. The summed E-state index contributed by atoms with van der Waals surface area (Å²) in [5.41, 5.74) is 4.92. The van der Waals surface area contributed by atoms with Crippen molar-refractivity contribution in [1.82, 2.24) is 9.78 Å². The van der Waals surface area contributed by atoms with Gasteiger partial charge in [0.1, 0.15) is 0 Å². The number of benzene rings is 1. The summed E-state index contributed by atoms with van der Waals surface area (Å²) in [5, 5.41) is 15.7. The number of rotatable bonds is 3. The van der Waals surface area contributed by atoms with E-state index < -0.39 is 5.60 Å². The molecule has 0 saturated heterocycles. The van der Waals surface area contributed by atoms with Crippen molar-refractivity contribution in [1.29, 1.82) is 0 Å². The Morgan fingerprint density at radius 3 is 2.86 bits per heavy atom. The zero-order valence-electron chi connectivity index (χ0n) is 12.8. The van der Waals surface area contributed by atoms with Crippen LogP contribution in [0.2, 0.25) is 0 Å². The van der Waals surface area contributed by atoms with Crippen molar-refractivity contribution in [2.24, 2.45) is 7.05 Å². The van der Waals surface area contributed by atoms with Crippen LogP contribution in [0, 0.1) is 6.92 Å². The molecule has 1 heterocycles. The standard InChI is InChI=1S/C17H21BrN2O/c1-4-14-16(18)15(20(3)19-14)10-17(21)8-7-12-6-5-11(2)9-13(12)17/h5-6,9,21H,4,7-8,10H2,1-3H3. The van der Waals surface area contributed by atoms with Crippen molar-refractivity contribution in [3.05, 3.63) is 50.8 Å². The van der Waals surface area contributed by atoms with Crippen LogP contribution in [0.1, 0.15) is 41.4 Å². The minimum atomic E-state index is -0.775. The molecule has 1 aromatic carbocycles. The first-order chi connectivity index (χ1) is 9.94. The van der Waals surface area contributed by atoms with E-state index in [1.54, 1.807) is 0 Å². The van der Waals surface area contributed by atoms with Gasteiger partial charge < -0.3 is 5.11 Å². The average molecular weight is 349 g/mol. The second-order valence-electron chi connectivity index (χ2n) is 6.05. The third kappa shape index (κ3) is 2.44. The first-order valence-corrected chi connectivity index (χ1v) is 8.26. The van der Waals surface area contributed by atoms with Crippen molar-refractivity contribution >= 4 is 15.9 Å². The molecule has 1 N–H and O–H groups in total. The Bertz CT molecular complexity index is 692. The van der Waals surface area contributed by atoms with Gasteiger partial charge in [-0.1, -0.05) is 30.7 Å². The number of hydrogen-bond acceptors (Lipinski definition) is 2. The maximum atomic E-state index is 11.2. The summed E-state index contributed by atoms with van der Waals surface area (Å²) in [6.45, 7) is 4.17. The smallest absolute Gasteiger partial charge is 0.0958 e. The van der Waals surface area contributed by atoms with Gasteiger partial charge in [-0.25, -0.2) is 0 Å². The maximum Gasteiger partial charge on any atom is 0.0958 e. The van der Waals surface area contributed by atoms with Crippen molar-refractivity contribution in [2.45, 2.75) is 45.1 Å². The van der Waals surface area contributed by atoms with Crippen molar-refractivity contribution in [3.63, 3.8) is 0 Å². The first kappa shape index (κ1) is 14.8. The summed E-state index contributed by atoms with van der Waals surface area (Å²) in [4.78, 5) is 0. The van der Waals surface area contributed by atoms with Gasteiger partial charge in [0, 0.05) is 13.5 Å². The zero-order valence-corrected chi connectivity index (χ0v) is 14.4. The van der Waals surface area contributed by atoms with Crippen molar-refractivity contribution in [2.75, 3.05) is 0 Å². The number of fused-ring (bicyclic) bond motifs is 1. The molecular formula is C17H21BrN2O. The van der Waals surface area contributed by atoms with Gasteiger partial charge >= 0.3 is 0 Å². The normalized spacial score (nSPS) is 20.8. The lowest BCUT2D eigenvalue weighted by Gasteiger charge is -2.24. The van der Waals surface area contributed by atoms with Crippen LogP contribution in [-0.4, -0.2) is 14.9 Å².